The molecule has 0 radical (unpaired) electrons. The summed E-state index contributed by atoms with van der Waals surface area (Å²) in [5.41, 5.74) is 4.11. The van der Waals surface area contributed by atoms with Crippen molar-refractivity contribution in [3.8, 4) is 17.2 Å². The minimum Gasteiger partial charge on any atom is -0.493 e. The van der Waals surface area contributed by atoms with Gasteiger partial charge in [0.15, 0.2) is 0 Å². The monoisotopic (exact) mass is 390 g/mol. The number of ether oxygens (including phenoxy) is 1. The van der Waals surface area contributed by atoms with Crippen molar-refractivity contribution < 1.29 is 13.9 Å². The Morgan fingerprint density at radius 3 is 2.62 bits per heavy atom. The van der Waals surface area contributed by atoms with Gasteiger partial charge < -0.3 is 14.1 Å². The molecule has 0 spiro atoms. The van der Waals surface area contributed by atoms with Crippen molar-refractivity contribution in [2.75, 3.05) is 32.8 Å². The number of amides is 1. The normalized spacial score (nSPS) is 16.5. The maximum atomic E-state index is 12.8. The van der Waals surface area contributed by atoms with Gasteiger partial charge in [0.25, 0.3) is 5.91 Å². The predicted molar refractivity (Wildman–Crippen MR) is 107 cm³/mol. The third kappa shape index (κ3) is 3.73. The van der Waals surface area contributed by atoms with E-state index in [0.29, 0.717) is 11.5 Å². The van der Waals surface area contributed by atoms with Crippen LogP contribution in [0.25, 0.3) is 11.5 Å². The molecule has 0 aliphatic carbocycles. The maximum absolute atomic E-state index is 12.8. The number of piperazine rings is 1. The van der Waals surface area contributed by atoms with Gasteiger partial charge >= 0.3 is 0 Å². The Hall–Kier alpha value is -3.19. The van der Waals surface area contributed by atoms with Gasteiger partial charge in [-0.1, -0.05) is 12.1 Å². The molecule has 29 heavy (non-hydrogen) atoms. The number of nitrogens with zero attached hydrogens (tertiary/aromatic N) is 4. The standard InChI is InChI=1S/C22H22N4O3/c27-22(18-4-2-17(3-5-18)21-24-23-15-29-21)26-10-8-25(9-11-26)14-16-1-6-20-19(13-16)7-12-28-20/h1-6,13,15H,7-12,14H2. The van der Waals surface area contributed by atoms with Gasteiger partial charge in [-0.15, -0.1) is 10.2 Å². The fourth-order valence-electron chi connectivity index (χ4n) is 3.94. The van der Waals surface area contributed by atoms with E-state index in [4.69, 9.17) is 9.15 Å². The zero-order valence-corrected chi connectivity index (χ0v) is 16.1. The van der Waals surface area contributed by atoms with Gasteiger partial charge in [-0.3, -0.25) is 9.69 Å². The largest absolute Gasteiger partial charge is 0.493 e. The van der Waals surface area contributed by atoms with Crippen LogP contribution in [0.15, 0.2) is 53.3 Å². The molecule has 3 heterocycles. The van der Waals surface area contributed by atoms with Gasteiger partial charge in [0.2, 0.25) is 12.3 Å². The first-order chi connectivity index (χ1) is 14.3. The number of fused-ring (bicyclic) bond motifs is 1. The van der Waals surface area contributed by atoms with Crippen molar-refractivity contribution in [1.82, 2.24) is 20.0 Å². The predicted octanol–water partition coefficient (Wildman–Crippen LogP) is 2.63. The first-order valence-electron chi connectivity index (χ1n) is 9.89. The van der Waals surface area contributed by atoms with Crippen LogP contribution in [0.2, 0.25) is 0 Å². The van der Waals surface area contributed by atoms with Crippen molar-refractivity contribution in [3.05, 3.63) is 65.5 Å². The first kappa shape index (κ1) is 17.9. The molecule has 2 aliphatic heterocycles. The van der Waals surface area contributed by atoms with E-state index in [-0.39, 0.29) is 5.91 Å². The summed E-state index contributed by atoms with van der Waals surface area (Å²) in [4.78, 5) is 17.2. The molecular formula is C22H22N4O3. The van der Waals surface area contributed by atoms with Gasteiger partial charge in [0, 0.05) is 50.3 Å². The van der Waals surface area contributed by atoms with Crippen LogP contribution in [-0.2, 0) is 13.0 Å². The third-order valence-corrected chi connectivity index (χ3v) is 5.56. The molecule has 7 nitrogen and oxygen atoms in total. The van der Waals surface area contributed by atoms with Gasteiger partial charge in [-0.2, -0.15) is 0 Å². The number of hydrogen-bond donors (Lipinski definition) is 0. The number of benzene rings is 2. The Balaban J connectivity index is 1.17. The quantitative estimate of drug-likeness (QED) is 0.682. The highest BCUT2D eigenvalue weighted by Gasteiger charge is 2.23. The van der Waals surface area contributed by atoms with Crippen LogP contribution >= 0.6 is 0 Å². The van der Waals surface area contributed by atoms with E-state index in [1.165, 1.54) is 17.5 Å². The molecule has 0 saturated carbocycles. The Morgan fingerprint density at radius 1 is 1.03 bits per heavy atom. The van der Waals surface area contributed by atoms with E-state index in [0.717, 1.165) is 57.1 Å². The van der Waals surface area contributed by atoms with Crippen molar-refractivity contribution in [1.29, 1.82) is 0 Å². The van der Waals surface area contributed by atoms with Crippen molar-refractivity contribution in [2.45, 2.75) is 13.0 Å². The average molecular weight is 390 g/mol. The number of carbonyl (C=O) groups excluding carboxylic acids is 1. The van der Waals surface area contributed by atoms with Crippen LogP contribution in [0, 0.1) is 0 Å². The number of hydrogen-bond acceptors (Lipinski definition) is 6. The molecule has 2 aliphatic rings. The molecule has 1 amide bonds. The lowest BCUT2D eigenvalue weighted by atomic mass is 10.1. The number of carbonyl (C=O) groups is 1. The van der Waals surface area contributed by atoms with Crippen LogP contribution in [0.5, 0.6) is 5.75 Å². The summed E-state index contributed by atoms with van der Waals surface area (Å²) in [6, 6.07) is 13.8. The Morgan fingerprint density at radius 2 is 1.86 bits per heavy atom. The summed E-state index contributed by atoms with van der Waals surface area (Å²) >= 11 is 0. The topological polar surface area (TPSA) is 71.7 Å². The highest BCUT2D eigenvalue weighted by atomic mass is 16.5. The highest BCUT2D eigenvalue weighted by Crippen LogP contribution is 2.26. The van der Waals surface area contributed by atoms with Crippen molar-refractivity contribution >= 4 is 5.91 Å². The Kier molecular flexibility index (Phi) is 4.73. The molecule has 1 aromatic heterocycles. The zero-order valence-electron chi connectivity index (χ0n) is 16.1. The lowest BCUT2D eigenvalue weighted by Crippen LogP contribution is -2.48. The number of aromatic nitrogens is 2. The summed E-state index contributed by atoms with van der Waals surface area (Å²) in [5.74, 6) is 1.54. The second-order valence-electron chi connectivity index (χ2n) is 7.43. The fourth-order valence-corrected chi connectivity index (χ4v) is 3.94. The van der Waals surface area contributed by atoms with E-state index in [1.807, 2.05) is 29.2 Å². The molecule has 7 heteroatoms. The van der Waals surface area contributed by atoms with E-state index in [9.17, 15) is 4.79 Å². The molecule has 148 valence electrons. The summed E-state index contributed by atoms with van der Waals surface area (Å²) in [5, 5.41) is 7.57. The first-order valence-corrected chi connectivity index (χ1v) is 9.89. The van der Waals surface area contributed by atoms with Crippen molar-refractivity contribution in [3.63, 3.8) is 0 Å². The van der Waals surface area contributed by atoms with Crippen molar-refractivity contribution in [2.24, 2.45) is 0 Å². The molecule has 0 unspecified atom stereocenters. The summed E-state index contributed by atoms with van der Waals surface area (Å²) in [7, 11) is 0. The fraction of sp³-hybridized carbons (Fsp3) is 0.318. The van der Waals surface area contributed by atoms with Gasteiger partial charge in [-0.25, -0.2) is 0 Å². The molecule has 5 rings (SSSR count). The second kappa shape index (κ2) is 7.67. The minimum absolute atomic E-state index is 0.0661. The smallest absolute Gasteiger partial charge is 0.253 e. The highest BCUT2D eigenvalue weighted by molar-refractivity contribution is 5.94. The van der Waals surface area contributed by atoms with Crippen LogP contribution in [-0.4, -0.2) is 58.7 Å². The average Bonchev–Trinajstić information content (AvgIpc) is 3.46. The van der Waals surface area contributed by atoms with E-state index < -0.39 is 0 Å². The molecule has 1 saturated heterocycles. The summed E-state index contributed by atoms with van der Waals surface area (Å²) in [6.45, 7) is 4.92. The second-order valence-corrected chi connectivity index (χ2v) is 7.43. The van der Waals surface area contributed by atoms with Crippen LogP contribution in [0.4, 0.5) is 0 Å². The lowest BCUT2D eigenvalue weighted by molar-refractivity contribution is 0.0628. The van der Waals surface area contributed by atoms with Gasteiger partial charge in [0.05, 0.1) is 6.61 Å². The minimum atomic E-state index is 0.0661. The van der Waals surface area contributed by atoms with E-state index in [1.54, 1.807) is 0 Å². The molecule has 1 fully saturated rings. The third-order valence-electron chi connectivity index (χ3n) is 5.56. The van der Waals surface area contributed by atoms with Crippen LogP contribution < -0.4 is 4.74 Å². The molecule has 2 aromatic carbocycles. The molecule has 3 aromatic rings. The van der Waals surface area contributed by atoms with Crippen LogP contribution in [0.1, 0.15) is 21.5 Å². The Labute approximate surface area is 168 Å². The SMILES string of the molecule is O=C(c1ccc(-c2nnco2)cc1)N1CCN(Cc2ccc3c(c2)CCO3)CC1. The van der Waals surface area contributed by atoms with Gasteiger partial charge in [-0.05, 0) is 41.5 Å². The zero-order chi connectivity index (χ0) is 19.6. The maximum Gasteiger partial charge on any atom is 0.253 e. The Bertz CT molecular complexity index is 993. The van der Waals surface area contributed by atoms with E-state index >= 15 is 0 Å². The summed E-state index contributed by atoms with van der Waals surface area (Å²) < 4.78 is 10.8. The number of rotatable bonds is 4. The molecule has 0 bridgehead atoms. The summed E-state index contributed by atoms with van der Waals surface area (Å²) in [6.07, 6.45) is 2.29. The molecular weight excluding hydrogens is 368 g/mol. The van der Waals surface area contributed by atoms with Crippen LogP contribution in [0.3, 0.4) is 0 Å². The van der Waals surface area contributed by atoms with E-state index in [2.05, 4.69) is 33.3 Å². The molecule has 0 N–H and O–H groups in total. The lowest BCUT2D eigenvalue weighted by Gasteiger charge is -2.34. The molecule has 0 atom stereocenters. The van der Waals surface area contributed by atoms with Gasteiger partial charge in [0.1, 0.15) is 5.75 Å².